The van der Waals surface area contributed by atoms with Gasteiger partial charge < -0.3 is 28.8 Å². The standard InChI is InChI=1S/C33H49ClO6/c1-5-9-18-36-23-29-32(38-19-10-6-2)33(39-20-11-7-3)30(35)31(40-29)25-14-17-28(34)26(22-25)21-24-12-15-27(16-13-24)37-8-4/h12-17,22,29-33,35H,5-11,18-21,23H2,1-4H3/t29-,30+,31+,32-,33-/m1/s1. The SMILES string of the molecule is CCCCOC[C@H]1O[C@@H](c2ccc(Cl)c(Cc3ccc(OCC)cc3)c2)[C@H](O)[C@@H](OCCCC)[C@@H]1OCCCC. The van der Waals surface area contributed by atoms with Crippen LogP contribution in [0.5, 0.6) is 5.75 Å². The van der Waals surface area contributed by atoms with E-state index in [9.17, 15) is 5.11 Å². The third-order valence-corrected chi connectivity index (χ3v) is 7.60. The molecule has 224 valence electrons. The van der Waals surface area contributed by atoms with Crippen molar-refractivity contribution in [1.29, 1.82) is 0 Å². The molecule has 0 aliphatic carbocycles. The van der Waals surface area contributed by atoms with E-state index in [1.54, 1.807) is 0 Å². The summed E-state index contributed by atoms with van der Waals surface area (Å²) in [4.78, 5) is 0. The predicted molar refractivity (Wildman–Crippen MR) is 161 cm³/mol. The van der Waals surface area contributed by atoms with E-state index >= 15 is 0 Å². The van der Waals surface area contributed by atoms with Gasteiger partial charge in [-0.3, -0.25) is 0 Å². The van der Waals surface area contributed by atoms with Gasteiger partial charge in [-0.2, -0.15) is 0 Å². The second-order valence-corrected chi connectivity index (χ2v) is 10.9. The minimum absolute atomic E-state index is 0.362. The largest absolute Gasteiger partial charge is 0.494 e. The van der Waals surface area contributed by atoms with Gasteiger partial charge in [0.2, 0.25) is 0 Å². The van der Waals surface area contributed by atoms with Crippen molar-refractivity contribution in [2.45, 2.75) is 103 Å². The zero-order chi connectivity index (χ0) is 28.7. The van der Waals surface area contributed by atoms with Crippen LogP contribution in [0.15, 0.2) is 42.5 Å². The molecule has 5 atom stereocenters. The normalized spacial score (nSPS) is 22.9. The van der Waals surface area contributed by atoms with Crippen molar-refractivity contribution in [3.63, 3.8) is 0 Å². The molecule has 6 nitrogen and oxygen atoms in total. The van der Waals surface area contributed by atoms with Crippen LogP contribution in [0.25, 0.3) is 0 Å². The van der Waals surface area contributed by atoms with Crippen LogP contribution in [0.1, 0.15) is 89.0 Å². The molecule has 1 aliphatic heterocycles. The van der Waals surface area contributed by atoms with E-state index in [0.29, 0.717) is 44.5 Å². The van der Waals surface area contributed by atoms with Gasteiger partial charge in [-0.25, -0.2) is 0 Å². The Morgan fingerprint density at radius 1 is 0.825 bits per heavy atom. The first-order chi connectivity index (χ1) is 19.5. The first-order valence-corrected chi connectivity index (χ1v) is 15.5. The van der Waals surface area contributed by atoms with Gasteiger partial charge in [-0.05, 0) is 67.5 Å². The van der Waals surface area contributed by atoms with Gasteiger partial charge in [0, 0.05) is 24.8 Å². The van der Waals surface area contributed by atoms with Crippen molar-refractivity contribution in [1.82, 2.24) is 0 Å². The van der Waals surface area contributed by atoms with Crippen LogP contribution in [0.2, 0.25) is 5.02 Å². The molecule has 2 aromatic rings. The number of aliphatic hydroxyl groups excluding tert-OH is 1. The fourth-order valence-corrected chi connectivity index (χ4v) is 5.08. The van der Waals surface area contributed by atoms with E-state index in [2.05, 4.69) is 32.9 Å². The molecule has 0 unspecified atom stereocenters. The lowest BCUT2D eigenvalue weighted by molar-refractivity contribution is -0.258. The Balaban J connectivity index is 1.86. The van der Waals surface area contributed by atoms with Crippen molar-refractivity contribution in [3.05, 3.63) is 64.2 Å². The summed E-state index contributed by atoms with van der Waals surface area (Å²) in [5.74, 6) is 0.849. The summed E-state index contributed by atoms with van der Waals surface area (Å²) in [5, 5.41) is 12.3. The number of hydrogen-bond acceptors (Lipinski definition) is 6. The Hall–Kier alpha value is -1.67. The fraction of sp³-hybridized carbons (Fsp3) is 0.636. The monoisotopic (exact) mass is 576 g/mol. The molecular formula is C33H49ClO6. The van der Waals surface area contributed by atoms with Crippen molar-refractivity contribution < 1.29 is 28.8 Å². The Kier molecular flexibility index (Phi) is 14.8. The molecule has 3 rings (SSSR count). The van der Waals surface area contributed by atoms with Crippen LogP contribution in [-0.2, 0) is 25.4 Å². The van der Waals surface area contributed by atoms with Gasteiger partial charge in [0.15, 0.2) is 0 Å². The molecule has 7 heteroatoms. The third kappa shape index (κ3) is 9.71. The lowest BCUT2D eigenvalue weighted by atomic mass is 9.89. The summed E-state index contributed by atoms with van der Waals surface area (Å²) < 4.78 is 30.8. The van der Waals surface area contributed by atoms with Crippen LogP contribution in [-0.4, -0.2) is 62.6 Å². The van der Waals surface area contributed by atoms with Gasteiger partial charge in [0.25, 0.3) is 0 Å². The van der Waals surface area contributed by atoms with Crippen molar-refractivity contribution in [2.24, 2.45) is 0 Å². The maximum atomic E-state index is 11.6. The molecule has 1 N–H and O–H groups in total. The van der Waals surface area contributed by atoms with E-state index in [4.69, 9.17) is 35.3 Å². The van der Waals surface area contributed by atoms with Gasteiger partial charge in [-0.15, -0.1) is 0 Å². The van der Waals surface area contributed by atoms with E-state index in [1.807, 2.05) is 37.3 Å². The van der Waals surface area contributed by atoms with E-state index in [0.717, 1.165) is 61.0 Å². The van der Waals surface area contributed by atoms with Gasteiger partial charge in [0.05, 0.1) is 13.2 Å². The highest BCUT2D eigenvalue weighted by Crippen LogP contribution is 2.37. The molecule has 1 saturated heterocycles. The Morgan fingerprint density at radius 2 is 1.48 bits per heavy atom. The number of ether oxygens (including phenoxy) is 5. The fourth-order valence-electron chi connectivity index (χ4n) is 4.90. The number of benzene rings is 2. The Labute approximate surface area is 246 Å². The summed E-state index contributed by atoms with van der Waals surface area (Å²) >= 11 is 6.64. The minimum Gasteiger partial charge on any atom is -0.494 e. The van der Waals surface area contributed by atoms with Crippen molar-refractivity contribution >= 4 is 11.6 Å². The van der Waals surface area contributed by atoms with E-state index < -0.39 is 24.4 Å². The minimum atomic E-state index is -0.894. The quantitative estimate of drug-likeness (QED) is 0.188. The molecule has 0 amide bonds. The maximum Gasteiger partial charge on any atom is 0.119 e. The summed E-state index contributed by atoms with van der Waals surface area (Å²) in [6, 6.07) is 13.9. The predicted octanol–water partition coefficient (Wildman–Crippen LogP) is 7.32. The first-order valence-electron chi connectivity index (χ1n) is 15.2. The molecule has 1 heterocycles. The second-order valence-electron chi connectivity index (χ2n) is 10.5. The number of hydrogen-bond donors (Lipinski definition) is 1. The average Bonchev–Trinajstić information content (AvgIpc) is 2.96. The lowest BCUT2D eigenvalue weighted by Crippen LogP contribution is -2.57. The molecule has 40 heavy (non-hydrogen) atoms. The zero-order valence-corrected chi connectivity index (χ0v) is 25.5. The molecule has 1 aliphatic rings. The average molecular weight is 577 g/mol. The van der Waals surface area contributed by atoms with E-state index in [1.165, 1.54) is 0 Å². The van der Waals surface area contributed by atoms with Crippen LogP contribution >= 0.6 is 11.6 Å². The highest BCUT2D eigenvalue weighted by atomic mass is 35.5. The number of rotatable bonds is 18. The molecule has 1 fully saturated rings. The molecule has 0 aromatic heterocycles. The number of halogens is 1. The molecule has 0 saturated carbocycles. The molecule has 0 spiro atoms. The van der Waals surface area contributed by atoms with Gasteiger partial charge >= 0.3 is 0 Å². The van der Waals surface area contributed by atoms with E-state index in [-0.39, 0.29) is 6.10 Å². The highest BCUT2D eigenvalue weighted by molar-refractivity contribution is 6.31. The highest BCUT2D eigenvalue weighted by Gasteiger charge is 2.47. The molecule has 0 bridgehead atoms. The van der Waals surface area contributed by atoms with Crippen LogP contribution in [0, 0.1) is 0 Å². The van der Waals surface area contributed by atoms with Crippen LogP contribution in [0.3, 0.4) is 0 Å². The Morgan fingerprint density at radius 3 is 2.12 bits per heavy atom. The Bertz CT molecular complexity index is 968. The van der Waals surface area contributed by atoms with Crippen molar-refractivity contribution in [3.8, 4) is 5.75 Å². The number of unbranched alkanes of at least 4 members (excludes halogenated alkanes) is 3. The van der Waals surface area contributed by atoms with Gasteiger partial charge in [0.1, 0.15) is 36.3 Å². The topological polar surface area (TPSA) is 66.4 Å². The van der Waals surface area contributed by atoms with Gasteiger partial charge in [-0.1, -0.05) is 75.9 Å². The van der Waals surface area contributed by atoms with Crippen molar-refractivity contribution in [2.75, 3.05) is 33.0 Å². The first kappa shape index (κ1) is 32.8. The molecule has 0 radical (unpaired) electrons. The smallest absolute Gasteiger partial charge is 0.119 e. The lowest BCUT2D eigenvalue weighted by Gasteiger charge is -2.45. The summed E-state index contributed by atoms with van der Waals surface area (Å²) in [5.41, 5.74) is 2.96. The molecule has 2 aromatic carbocycles. The summed E-state index contributed by atoms with van der Waals surface area (Å²) in [6.07, 6.45) is 3.83. The molecular weight excluding hydrogens is 528 g/mol. The van der Waals surface area contributed by atoms with Crippen LogP contribution < -0.4 is 4.74 Å². The second kappa shape index (κ2) is 18.0. The number of aliphatic hydroxyl groups is 1. The summed E-state index contributed by atoms with van der Waals surface area (Å²) in [7, 11) is 0. The third-order valence-electron chi connectivity index (χ3n) is 7.23. The van der Waals surface area contributed by atoms with Crippen LogP contribution in [0.4, 0.5) is 0 Å². The zero-order valence-electron chi connectivity index (χ0n) is 24.8. The summed E-state index contributed by atoms with van der Waals surface area (Å²) in [6.45, 7) is 11.2. The maximum absolute atomic E-state index is 11.6.